The molecule has 0 unspecified atom stereocenters. The van der Waals surface area contributed by atoms with Gasteiger partial charge in [-0.05, 0) is 23.7 Å². The van der Waals surface area contributed by atoms with Gasteiger partial charge in [0.05, 0.1) is 24.9 Å². The Morgan fingerprint density at radius 2 is 2.17 bits per heavy atom. The molecule has 1 fully saturated rings. The van der Waals surface area contributed by atoms with Crippen molar-refractivity contribution in [2.45, 2.75) is 25.8 Å². The van der Waals surface area contributed by atoms with E-state index >= 15 is 0 Å². The first kappa shape index (κ1) is 15.9. The molecule has 1 saturated heterocycles. The molecule has 7 nitrogen and oxygen atoms in total. The predicted molar refractivity (Wildman–Crippen MR) is 86.2 cm³/mol. The van der Waals surface area contributed by atoms with Gasteiger partial charge >= 0.3 is 0 Å². The molecule has 124 valence electrons. The van der Waals surface area contributed by atoms with Gasteiger partial charge in [-0.15, -0.1) is 0 Å². The van der Waals surface area contributed by atoms with Crippen molar-refractivity contribution >= 4 is 5.95 Å². The molecule has 1 aliphatic heterocycles. The SMILES string of the molecule is CCCc1nc(NC[C@@H](c2ccccn2)N2CCOCC2)no1. The van der Waals surface area contributed by atoms with Crippen LogP contribution < -0.4 is 5.32 Å². The zero-order valence-corrected chi connectivity index (χ0v) is 13.4. The minimum absolute atomic E-state index is 0.160. The quantitative estimate of drug-likeness (QED) is 0.835. The highest BCUT2D eigenvalue weighted by Gasteiger charge is 2.24. The number of ether oxygens (including phenoxy) is 1. The minimum atomic E-state index is 0.160. The average Bonchev–Trinajstić information content (AvgIpc) is 3.05. The molecule has 0 aromatic carbocycles. The molecule has 7 heteroatoms. The molecule has 1 N–H and O–H groups in total. The molecular formula is C16H23N5O2. The standard InChI is InChI=1S/C16H23N5O2/c1-2-5-15-19-16(20-23-15)18-12-14(13-6-3-4-7-17-13)21-8-10-22-11-9-21/h3-4,6-7,14H,2,5,8-12H2,1H3,(H,18,20)/t14-/m0/s1. The maximum absolute atomic E-state index is 5.46. The number of hydrogen-bond donors (Lipinski definition) is 1. The summed E-state index contributed by atoms with van der Waals surface area (Å²) in [6.45, 7) is 6.08. The lowest BCUT2D eigenvalue weighted by molar-refractivity contribution is 0.0178. The largest absolute Gasteiger partial charge is 0.379 e. The fourth-order valence-corrected chi connectivity index (χ4v) is 2.71. The maximum atomic E-state index is 5.46. The first-order chi connectivity index (χ1) is 11.4. The molecule has 1 atom stereocenters. The molecule has 0 bridgehead atoms. The number of nitrogens with zero attached hydrogens (tertiary/aromatic N) is 4. The Labute approximate surface area is 136 Å². The lowest BCUT2D eigenvalue weighted by Gasteiger charge is -2.34. The zero-order valence-electron chi connectivity index (χ0n) is 13.4. The van der Waals surface area contributed by atoms with E-state index in [9.17, 15) is 0 Å². The molecule has 0 radical (unpaired) electrons. The number of nitrogens with one attached hydrogen (secondary N) is 1. The van der Waals surface area contributed by atoms with Crippen molar-refractivity contribution in [1.29, 1.82) is 0 Å². The second-order valence-corrected chi connectivity index (χ2v) is 5.56. The molecule has 1 aliphatic rings. The van der Waals surface area contributed by atoms with Crippen molar-refractivity contribution in [3.8, 4) is 0 Å². The predicted octanol–water partition coefficient (Wildman–Crippen LogP) is 1.90. The highest BCUT2D eigenvalue weighted by Crippen LogP contribution is 2.20. The van der Waals surface area contributed by atoms with Crippen molar-refractivity contribution in [2.24, 2.45) is 0 Å². The number of pyridine rings is 1. The maximum Gasteiger partial charge on any atom is 0.263 e. The molecule has 0 spiro atoms. The molecule has 23 heavy (non-hydrogen) atoms. The van der Waals surface area contributed by atoms with Gasteiger partial charge in [0.2, 0.25) is 5.89 Å². The number of rotatable bonds is 7. The number of aryl methyl sites for hydroxylation is 1. The van der Waals surface area contributed by atoms with E-state index in [0.29, 0.717) is 18.4 Å². The highest BCUT2D eigenvalue weighted by molar-refractivity contribution is 5.23. The van der Waals surface area contributed by atoms with Gasteiger partial charge in [0, 0.05) is 32.3 Å². The molecule has 3 heterocycles. The topological polar surface area (TPSA) is 76.3 Å². The Bertz CT molecular complexity index is 583. The number of morpholine rings is 1. The van der Waals surface area contributed by atoms with Gasteiger partial charge in [0.25, 0.3) is 5.95 Å². The molecule has 0 saturated carbocycles. The molecule has 2 aromatic rings. The summed E-state index contributed by atoms with van der Waals surface area (Å²) in [6.07, 6.45) is 3.63. The Morgan fingerprint density at radius 1 is 1.30 bits per heavy atom. The van der Waals surface area contributed by atoms with Gasteiger partial charge in [0.1, 0.15) is 0 Å². The third-order valence-electron chi connectivity index (χ3n) is 3.90. The van der Waals surface area contributed by atoms with Gasteiger partial charge < -0.3 is 14.6 Å². The molecule has 3 rings (SSSR count). The summed E-state index contributed by atoms with van der Waals surface area (Å²) in [4.78, 5) is 11.3. The number of anilines is 1. The fourth-order valence-electron chi connectivity index (χ4n) is 2.71. The van der Waals surface area contributed by atoms with E-state index < -0.39 is 0 Å². The Hall–Kier alpha value is -1.99. The summed E-state index contributed by atoms with van der Waals surface area (Å²) in [5.74, 6) is 1.22. The van der Waals surface area contributed by atoms with Crippen LogP contribution in [0.2, 0.25) is 0 Å². The van der Waals surface area contributed by atoms with Crippen LogP contribution in [0.1, 0.15) is 31.0 Å². The van der Waals surface area contributed by atoms with Crippen LogP contribution in [0.15, 0.2) is 28.9 Å². The monoisotopic (exact) mass is 317 g/mol. The van der Waals surface area contributed by atoms with Gasteiger partial charge in [-0.3, -0.25) is 9.88 Å². The van der Waals surface area contributed by atoms with Crippen LogP contribution in [0.4, 0.5) is 5.95 Å². The van der Waals surface area contributed by atoms with E-state index in [4.69, 9.17) is 9.26 Å². The first-order valence-corrected chi connectivity index (χ1v) is 8.16. The summed E-state index contributed by atoms with van der Waals surface area (Å²) in [5, 5.41) is 7.27. The fraction of sp³-hybridized carbons (Fsp3) is 0.562. The summed E-state index contributed by atoms with van der Waals surface area (Å²) in [7, 11) is 0. The van der Waals surface area contributed by atoms with Crippen LogP contribution in [0.5, 0.6) is 0 Å². The molecular weight excluding hydrogens is 294 g/mol. The highest BCUT2D eigenvalue weighted by atomic mass is 16.5. The molecule has 2 aromatic heterocycles. The van der Waals surface area contributed by atoms with Gasteiger partial charge in [-0.25, -0.2) is 0 Å². The van der Waals surface area contributed by atoms with Crippen LogP contribution in [-0.4, -0.2) is 52.9 Å². The summed E-state index contributed by atoms with van der Waals surface area (Å²) < 4.78 is 10.7. The average molecular weight is 317 g/mol. The second-order valence-electron chi connectivity index (χ2n) is 5.56. The van der Waals surface area contributed by atoms with Crippen LogP contribution in [-0.2, 0) is 11.2 Å². The van der Waals surface area contributed by atoms with Gasteiger partial charge in [-0.2, -0.15) is 4.98 Å². The van der Waals surface area contributed by atoms with E-state index in [1.54, 1.807) is 0 Å². The lowest BCUT2D eigenvalue weighted by atomic mass is 10.1. The van der Waals surface area contributed by atoms with Gasteiger partial charge in [0.15, 0.2) is 0 Å². The van der Waals surface area contributed by atoms with E-state index in [2.05, 4.69) is 38.3 Å². The van der Waals surface area contributed by atoms with E-state index in [1.165, 1.54) is 0 Å². The summed E-state index contributed by atoms with van der Waals surface area (Å²) in [5.41, 5.74) is 1.04. The third-order valence-corrected chi connectivity index (χ3v) is 3.90. The Kier molecular flexibility index (Phi) is 5.55. The third kappa shape index (κ3) is 4.27. The minimum Gasteiger partial charge on any atom is -0.379 e. The molecule has 0 amide bonds. The van der Waals surface area contributed by atoms with Crippen LogP contribution in [0.3, 0.4) is 0 Å². The van der Waals surface area contributed by atoms with Gasteiger partial charge in [-0.1, -0.05) is 13.0 Å². The van der Waals surface area contributed by atoms with Crippen molar-refractivity contribution < 1.29 is 9.26 Å². The Morgan fingerprint density at radius 3 is 2.91 bits per heavy atom. The number of hydrogen-bond acceptors (Lipinski definition) is 7. The van der Waals surface area contributed by atoms with Crippen molar-refractivity contribution in [1.82, 2.24) is 20.0 Å². The van der Waals surface area contributed by atoms with Crippen LogP contribution in [0, 0.1) is 0 Å². The van der Waals surface area contributed by atoms with Crippen molar-refractivity contribution in [3.63, 3.8) is 0 Å². The smallest absolute Gasteiger partial charge is 0.263 e. The molecule has 0 aliphatic carbocycles. The van der Waals surface area contributed by atoms with Crippen molar-refractivity contribution in [2.75, 3.05) is 38.2 Å². The summed E-state index contributed by atoms with van der Waals surface area (Å²) in [6, 6.07) is 6.17. The van der Waals surface area contributed by atoms with E-state index in [0.717, 1.165) is 44.8 Å². The van der Waals surface area contributed by atoms with Crippen LogP contribution in [0.25, 0.3) is 0 Å². The lowest BCUT2D eigenvalue weighted by Crippen LogP contribution is -2.41. The first-order valence-electron chi connectivity index (χ1n) is 8.16. The van der Waals surface area contributed by atoms with E-state index in [1.807, 2.05) is 18.3 Å². The summed E-state index contributed by atoms with van der Waals surface area (Å²) >= 11 is 0. The van der Waals surface area contributed by atoms with E-state index in [-0.39, 0.29) is 6.04 Å². The zero-order chi connectivity index (χ0) is 15.9. The normalized spacial score (nSPS) is 17.1. The number of aromatic nitrogens is 3. The van der Waals surface area contributed by atoms with Crippen LogP contribution >= 0.6 is 0 Å². The second kappa shape index (κ2) is 8.03. The van der Waals surface area contributed by atoms with Crippen molar-refractivity contribution in [3.05, 3.63) is 36.0 Å². The Balaban J connectivity index is 1.67.